The van der Waals surface area contributed by atoms with Crippen LogP contribution in [0.3, 0.4) is 0 Å². The van der Waals surface area contributed by atoms with E-state index >= 15 is 0 Å². The molecule has 1 saturated heterocycles. The van der Waals surface area contributed by atoms with E-state index in [1.54, 1.807) is 0 Å². The average Bonchev–Trinajstić information content (AvgIpc) is 3.12. The quantitative estimate of drug-likeness (QED) is 0.753. The van der Waals surface area contributed by atoms with Crippen molar-refractivity contribution < 1.29 is 19.1 Å². The van der Waals surface area contributed by atoms with Gasteiger partial charge in [-0.1, -0.05) is 81.4 Å². The molecule has 6 heteroatoms. The summed E-state index contributed by atoms with van der Waals surface area (Å²) in [4.78, 5) is 11.2. The van der Waals surface area contributed by atoms with Crippen LogP contribution in [0.5, 0.6) is 0 Å². The van der Waals surface area contributed by atoms with E-state index < -0.39 is 20.4 Å². The molecule has 144 valence electrons. The highest BCUT2D eigenvalue weighted by Crippen LogP contribution is 2.37. The summed E-state index contributed by atoms with van der Waals surface area (Å²) < 4.78 is 12.4. The highest BCUT2D eigenvalue weighted by atomic mass is 32.2. The van der Waals surface area contributed by atoms with E-state index in [4.69, 9.17) is 9.16 Å². The summed E-state index contributed by atoms with van der Waals surface area (Å²) in [7, 11) is -2.61. The first kappa shape index (κ1) is 20.1. The summed E-state index contributed by atoms with van der Waals surface area (Å²) in [5.41, 5.74) is -0.257. The molecule has 1 N–H and O–H groups in total. The van der Waals surface area contributed by atoms with Crippen LogP contribution in [0.4, 0.5) is 0 Å². The van der Waals surface area contributed by atoms with Crippen LogP contribution in [-0.2, 0) is 14.0 Å². The second kappa shape index (κ2) is 8.18. The van der Waals surface area contributed by atoms with Gasteiger partial charge < -0.3 is 14.3 Å². The van der Waals surface area contributed by atoms with Crippen molar-refractivity contribution in [3.05, 3.63) is 60.7 Å². The number of rotatable bonds is 6. The van der Waals surface area contributed by atoms with Crippen molar-refractivity contribution in [3.63, 3.8) is 0 Å². The molecule has 0 aliphatic carbocycles. The molecule has 0 bridgehead atoms. The van der Waals surface area contributed by atoms with Crippen LogP contribution < -0.4 is 10.4 Å². The molecule has 0 aromatic heterocycles. The van der Waals surface area contributed by atoms with Crippen LogP contribution in [-0.4, -0.2) is 43.3 Å². The Morgan fingerprint density at radius 2 is 1.63 bits per heavy atom. The summed E-state index contributed by atoms with van der Waals surface area (Å²) in [6, 6.07) is 20.8. The second-order valence-electron chi connectivity index (χ2n) is 7.70. The van der Waals surface area contributed by atoms with E-state index in [1.165, 1.54) is 22.1 Å². The molecule has 2 aromatic carbocycles. The van der Waals surface area contributed by atoms with Gasteiger partial charge >= 0.3 is 5.97 Å². The summed E-state index contributed by atoms with van der Waals surface area (Å²) >= 11 is 1.51. The molecule has 27 heavy (non-hydrogen) atoms. The number of hydrogen-bond donors (Lipinski definition) is 1. The minimum absolute atomic E-state index is 0.106. The first-order valence-electron chi connectivity index (χ1n) is 9.09. The predicted octanol–water partition coefficient (Wildman–Crippen LogP) is 3.11. The van der Waals surface area contributed by atoms with E-state index in [1.807, 2.05) is 12.1 Å². The van der Waals surface area contributed by atoms with Gasteiger partial charge in [0.1, 0.15) is 5.44 Å². The molecule has 0 spiro atoms. The topological polar surface area (TPSA) is 55.8 Å². The fourth-order valence-electron chi connectivity index (χ4n) is 3.63. The summed E-state index contributed by atoms with van der Waals surface area (Å²) in [6.07, 6.45) is -0.747. The number of ether oxygens (including phenoxy) is 1. The number of aliphatic carboxylic acids is 1. The SMILES string of the molecule is CC(C)(C)[Si](OC[C@@H]1O[C@H](C(=O)O)CS1)(c1ccccc1)c1ccccc1. The van der Waals surface area contributed by atoms with Crippen LogP contribution in [0, 0.1) is 0 Å². The largest absolute Gasteiger partial charge is 0.479 e. The van der Waals surface area contributed by atoms with Gasteiger partial charge in [-0.2, -0.15) is 0 Å². The lowest BCUT2D eigenvalue weighted by Crippen LogP contribution is -2.67. The van der Waals surface area contributed by atoms with Gasteiger partial charge in [0.15, 0.2) is 6.10 Å². The molecule has 2 aromatic rings. The maximum Gasteiger partial charge on any atom is 0.333 e. The lowest BCUT2D eigenvalue weighted by molar-refractivity contribution is -0.149. The van der Waals surface area contributed by atoms with Crippen LogP contribution in [0.25, 0.3) is 0 Å². The summed E-state index contributed by atoms with van der Waals surface area (Å²) in [6.45, 7) is 7.05. The van der Waals surface area contributed by atoms with Crippen molar-refractivity contribution in [2.75, 3.05) is 12.4 Å². The van der Waals surface area contributed by atoms with Crippen LogP contribution in [0.15, 0.2) is 60.7 Å². The van der Waals surface area contributed by atoms with Crippen molar-refractivity contribution in [1.82, 2.24) is 0 Å². The number of carboxylic acids is 1. The van der Waals surface area contributed by atoms with Gasteiger partial charge in [-0.05, 0) is 15.4 Å². The number of benzene rings is 2. The Labute approximate surface area is 166 Å². The standard InChI is InChI=1S/C21H26O4SSi/c1-21(2,3)27(16-10-6-4-7-11-16,17-12-8-5-9-13-17)24-14-19-25-18(15-26-19)20(22)23/h4-13,18-19H,14-15H2,1-3H3,(H,22,23)/t18-,19+/m0/s1. The Balaban J connectivity index is 1.96. The van der Waals surface area contributed by atoms with E-state index in [-0.39, 0.29) is 10.5 Å². The fraction of sp³-hybridized carbons (Fsp3) is 0.381. The van der Waals surface area contributed by atoms with Crippen molar-refractivity contribution in [3.8, 4) is 0 Å². The molecule has 3 rings (SSSR count). The van der Waals surface area contributed by atoms with Crippen LogP contribution >= 0.6 is 11.8 Å². The molecule has 1 aliphatic rings. The molecule has 4 nitrogen and oxygen atoms in total. The van der Waals surface area contributed by atoms with Gasteiger partial charge in [-0.3, -0.25) is 0 Å². The average molecular weight is 403 g/mol. The number of hydrogen-bond acceptors (Lipinski definition) is 4. The lowest BCUT2D eigenvalue weighted by atomic mass is 10.2. The summed E-state index contributed by atoms with van der Waals surface area (Å²) in [5, 5.41) is 11.5. The molecule has 1 fully saturated rings. The first-order chi connectivity index (χ1) is 12.8. The molecular weight excluding hydrogens is 376 g/mol. The number of carboxylic acid groups (broad SMARTS) is 1. The third-order valence-corrected chi connectivity index (χ3v) is 11.0. The van der Waals surface area contributed by atoms with Gasteiger partial charge in [0, 0.05) is 5.75 Å². The third kappa shape index (κ3) is 4.14. The van der Waals surface area contributed by atoms with E-state index in [9.17, 15) is 9.90 Å². The Morgan fingerprint density at radius 3 is 2.04 bits per heavy atom. The molecule has 2 atom stereocenters. The van der Waals surface area contributed by atoms with Gasteiger partial charge in [-0.15, -0.1) is 11.8 Å². The molecule has 0 saturated carbocycles. The van der Waals surface area contributed by atoms with Crippen molar-refractivity contribution in [2.45, 2.75) is 37.3 Å². The highest BCUT2D eigenvalue weighted by Gasteiger charge is 2.50. The van der Waals surface area contributed by atoms with Crippen LogP contribution in [0.2, 0.25) is 5.04 Å². The zero-order valence-corrected chi connectivity index (χ0v) is 17.7. The first-order valence-corrected chi connectivity index (χ1v) is 12.0. The molecule has 1 heterocycles. The maximum absolute atomic E-state index is 11.2. The lowest BCUT2D eigenvalue weighted by Gasteiger charge is -2.43. The van der Waals surface area contributed by atoms with Gasteiger partial charge in [0.25, 0.3) is 8.32 Å². The predicted molar refractivity (Wildman–Crippen MR) is 112 cm³/mol. The smallest absolute Gasteiger partial charge is 0.333 e. The normalized spacial score (nSPS) is 20.6. The molecular formula is C21H26O4SSi. The van der Waals surface area contributed by atoms with Crippen LogP contribution in [0.1, 0.15) is 20.8 Å². The monoisotopic (exact) mass is 402 g/mol. The van der Waals surface area contributed by atoms with Crippen molar-refractivity contribution in [1.29, 1.82) is 0 Å². The highest BCUT2D eigenvalue weighted by molar-refractivity contribution is 8.00. The number of thioether (sulfide) groups is 1. The van der Waals surface area contributed by atoms with Crippen molar-refractivity contribution >= 4 is 36.4 Å². The van der Waals surface area contributed by atoms with E-state index in [2.05, 4.69) is 69.3 Å². The Morgan fingerprint density at radius 1 is 1.11 bits per heavy atom. The molecule has 0 radical (unpaired) electrons. The van der Waals surface area contributed by atoms with E-state index in [0.29, 0.717) is 12.4 Å². The Hall–Kier alpha value is -1.60. The zero-order chi connectivity index (χ0) is 19.5. The van der Waals surface area contributed by atoms with E-state index in [0.717, 1.165) is 0 Å². The van der Waals surface area contributed by atoms with Gasteiger partial charge in [-0.25, -0.2) is 4.79 Å². The van der Waals surface area contributed by atoms with Crippen molar-refractivity contribution in [2.24, 2.45) is 0 Å². The zero-order valence-electron chi connectivity index (χ0n) is 15.9. The summed E-state index contributed by atoms with van der Waals surface area (Å²) in [5.74, 6) is -0.445. The third-order valence-electron chi connectivity index (χ3n) is 4.88. The van der Waals surface area contributed by atoms with Gasteiger partial charge in [0.05, 0.1) is 6.61 Å². The maximum atomic E-state index is 11.2. The minimum Gasteiger partial charge on any atom is -0.479 e. The molecule has 0 amide bonds. The van der Waals surface area contributed by atoms with Gasteiger partial charge in [0.2, 0.25) is 0 Å². The Kier molecular flexibility index (Phi) is 6.10. The Bertz CT molecular complexity index is 721. The number of carbonyl (C=O) groups is 1. The minimum atomic E-state index is -2.61. The fourth-order valence-corrected chi connectivity index (χ4v) is 9.29. The molecule has 0 unspecified atom stereocenters. The molecule has 1 aliphatic heterocycles. The second-order valence-corrected chi connectivity index (χ2v) is 13.2.